The molecule has 1 rings (SSSR count). The van der Waals surface area contributed by atoms with Crippen LogP contribution < -0.4 is 5.32 Å². The van der Waals surface area contributed by atoms with Gasteiger partial charge in [-0.2, -0.15) is 0 Å². The van der Waals surface area contributed by atoms with Gasteiger partial charge in [0.05, 0.1) is 5.75 Å². The third-order valence-corrected chi connectivity index (χ3v) is 4.74. The first-order valence-corrected chi connectivity index (χ1v) is 8.09. The van der Waals surface area contributed by atoms with E-state index < -0.39 is 0 Å². The Bertz CT molecular complexity index is 484. The van der Waals surface area contributed by atoms with E-state index in [4.69, 9.17) is 0 Å². The zero-order valence-corrected chi connectivity index (χ0v) is 14.2. The molecule has 0 aliphatic rings. The minimum atomic E-state index is -0.0470. The van der Waals surface area contributed by atoms with E-state index in [0.717, 1.165) is 0 Å². The second kappa shape index (κ2) is 8.08. The van der Waals surface area contributed by atoms with Gasteiger partial charge in [-0.25, -0.2) is 0 Å². The molecule has 0 heterocycles. The first-order valence-electron chi connectivity index (χ1n) is 7.04. The maximum absolute atomic E-state index is 11.9. The minimum absolute atomic E-state index is 0.0146. The van der Waals surface area contributed by atoms with Crippen LogP contribution >= 0.6 is 11.8 Å². The fourth-order valence-corrected chi connectivity index (χ4v) is 2.42. The fourth-order valence-electron chi connectivity index (χ4n) is 1.55. The molecule has 116 valence electrons. The number of anilines is 1. The minimum Gasteiger partial charge on any atom is -0.345 e. The van der Waals surface area contributed by atoms with E-state index in [-0.39, 0.29) is 11.8 Å². The number of thioether (sulfide) groups is 1. The van der Waals surface area contributed by atoms with Crippen molar-refractivity contribution in [2.24, 2.45) is 5.92 Å². The molecule has 0 bridgehead atoms. The summed E-state index contributed by atoms with van der Waals surface area (Å²) in [6, 6.07) is 6.96. The summed E-state index contributed by atoms with van der Waals surface area (Å²) in [5.41, 5.74) is 1.33. The molecule has 0 saturated heterocycles. The summed E-state index contributed by atoms with van der Waals surface area (Å²) in [7, 11) is 3.43. The molecule has 1 aromatic rings. The third-order valence-electron chi connectivity index (χ3n) is 3.24. The van der Waals surface area contributed by atoms with Crippen LogP contribution in [0.15, 0.2) is 24.3 Å². The molecule has 0 aromatic heterocycles. The first kappa shape index (κ1) is 17.6. The van der Waals surface area contributed by atoms with Gasteiger partial charge in [0.25, 0.3) is 5.91 Å². The van der Waals surface area contributed by atoms with Gasteiger partial charge < -0.3 is 10.2 Å². The molecule has 1 aromatic carbocycles. The number of amides is 2. The topological polar surface area (TPSA) is 49.4 Å². The Balaban J connectivity index is 2.52. The summed E-state index contributed by atoms with van der Waals surface area (Å²) in [4.78, 5) is 25.1. The van der Waals surface area contributed by atoms with Gasteiger partial charge in [0.1, 0.15) is 0 Å². The monoisotopic (exact) mass is 308 g/mol. The highest BCUT2D eigenvalue weighted by molar-refractivity contribution is 8.00. The van der Waals surface area contributed by atoms with E-state index >= 15 is 0 Å². The maximum atomic E-state index is 11.9. The summed E-state index contributed by atoms with van der Waals surface area (Å²) in [5.74, 6) is 0.935. The fraction of sp³-hybridized carbons (Fsp3) is 0.500. The lowest BCUT2D eigenvalue weighted by molar-refractivity contribution is -0.113. The molecule has 0 radical (unpaired) electrons. The maximum Gasteiger partial charge on any atom is 0.253 e. The highest BCUT2D eigenvalue weighted by Crippen LogP contribution is 2.19. The van der Waals surface area contributed by atoms with Gasteiger partial charge in [-0.15, -0.1) is 11.8 Å². The van der Waals surface area contributed by atoms with Crippen molar-refractivity contribution < 1.29 is 9.59 Å². The van der Waals surface area contributed by atoms with Crippen molar-refractivity contribution in [1.29, 1.82) is 0 Å². The van der Waals surface area contributed by atoms with Gasteiger partial charge in [0.15, 0.2) is 0 Å². The largest absolute Gasteiger partial charge is 0.345 e. The van der Waals surface area contributed by atoms with Crippen LogP contribution in [0.25, 0.3) is 0 Å². The lowest BCUT2D eigenvalue weighted by Gasteiger charge is -2.14. The van der Waals surface area contributed by atoms with E-state index in [9.17, 15) is 9.59 Å². The average Bonchev–Trinajstić information content (AvgIpc) is 2.44. The molecule has 0 unspecified atom stereocenters. The number of carbonyl (C=O) groups excluding carboxylic acids is 2. The number of hydrogen-bond acceptors (Lipinski definition) is 3. The van der Waals surface area contributed by atoms with Crippen molar-refractivity contribution in [3.05, 3.63) is 29.8 Å². The highest BCUT2D eigenvalue weighted by atomic mass is 32.2. The average molecular weight is 308 g/mol. The van der Waals surface area contributed by atoms with Gasteiger partial charge in [0, 0.05) is 30.6 Å². The normalized spacial score (nSPS) is 12.1. The van der Waals surface area contributed by atoms with Crippen molar-refractivity contribution >= 4 is 29.3 Å². The van der Waals surface area contributed by atoms with Crippen molar-refractivity contribution in [3.8, 4) is 0 Å². The SMILES string of the molecule is CC(C)[C@@H](C)SCC(=O)Nc1ccc(C(=O)N(C)C)cc1. The summed E-state index contributed by atoms with van der Waals surface area (Å²) in [6.45, 7) is 6.43. The Kier molecular flexibility index (Phi) is 6.75. The molecule has 0 fully saturated rings. The molecular weight excluding hydrogens is 284 g/mol. The second-order valence-electron chi connectivity index (χ2n) is 5.59. The van der Waals surface area contributed by atoms with Crippen molar-refractivity contribution in [3.63, 3.8) is 0 Å². The summed E-state index contributed by atoms with van der Waals surface area (Å²) in [6.07, 6.45) is 0. The molecule has 0 aliphatic carbocycles. The highest BCUT2D eigenvalue weighted by Gasteiger charge is 2.11. The Labute approximate surface area is 131 Å². The Morgan fingerprint density at radius 3 is 2.19 bits per heavy atom. The van der Waals surface area contributed by atoms with Crippen LogP contribution in [-0.2, 0) is 4.79 Å². The predicted octanol–water partition coefficient (Wildman–Crippen LogP) is 3.10. The molecule has 0 spiro atoms. The van der Waals surface area contributed by atoms with Crippen LogP contribution in [0.2, 0.25) is 0 Å². The number of hydrogen-bond donors (Lipinski definition) is 1. The number of carbonyl (C=O) groups is 2. The van der Waals surface area contributed by atoms with Crippen molar-refractivity contribution in [2.45, 2.75) is 26.0 Å². The molecule has 2 amide bonds. The molecule has 0 saturated carbocycles. The van der Waals surface area contributed by atoms with E-state index in [1.54, 1.807) is 50.1 Å². The van der Waals surface area contributed by atoms with Crippen molar-refractivity contribution in [2.75, 3.05) is 25.2 Å². The van der Waals surface area contributed by atoms with Crippen LogP contribution in [0.1, 0.15) is 31.1 Å². The second-order valence-corrected chi connectivity index (χ2v) is 6.95. The zero-order valence-electron chi connectivity index (χ0n) is 13.3. The van der Waals surface area contributed by atoms with Crippen LogP contribution in [0.5, 0.6) is 0 Å². The standard InChI is InChI=1S/C16H24N2O2S/c1-11(2)12(3)21-10-15(19)17-14-8-6-13(7-9-14)16(20)18(4)5/h6-9,11-12H,10H2,1-5H3,(H,17,19)/t12-/m1/s1. The quantitative estimate of drug-likeness (QED) is 0.878. The van der Waals surface area contributed by atoms with Gasteiger partial charge in [-0.3, -0.25) is 9.59 Å². The molecule has 0 aliphatic heterocycles. The van der Waals surface area contributed by atoms with Gasteiger partial charge >= 0.3 is 0 Å². The summed E-state index contributed by atoms with van der Waals surface area (Å²) >= 11 is 1.65. The number of nitrogens with zero attached hydrogens (tertiary/aromatic N) is 1. The third kappa shape index (κ3) is 5.79. The van der Waals surface area contributed by atoms with Crippen molar-refractivity contribution in [1.82, 2.24) is 4.90 Å². The predicted molar refractivity (Wildman–Crippen MR) is 89.8 cm³/mol. The van der Waals surface area contributed by atoms with E-state index in [1.807, 2.05) is 0 Å². The number of benzene rings is 1. The molecular formula is C16H24N2O2S. The number of nitrogens with one attached hydrogen (secondary N) is 1. The van der Waals surface area contributed by atoms with E-state index in [2.05, 4.69) is 26.1 Å². The van der Waals surface area contributed by atoms with E-state index in [1.165, 1.54) is 4.90 Å². The van der Waals surface area contributed by atoms with Crippen LogP contribution in [0.4, 0.5) is 5.69 Å². The van der Waals surface area contributed by atoms with E-state index in [0.29, 0.717) is 28.2 Å². The Morgan fingerprint density at radius 1 is 1.14 bits per heavy atom. The molecule has 1 atom stereocenters. The molecule has 5 heteroatoms. The van der Waals surface area contributed by atoms with Gasteiger partial charge in [0.2, 0.25) is 5.91 Å². The van der Waals surface area contributed by atoms with Crippen LogP contribution in [0.3, 0.4) is 0 Å². The molecule has 4 nitrogen and oxygen atoms in total. The van der Waals surface area contributed by atoms with Crippen LogP contribution in [0, 0.1) is 5.92 Å². The van der Waals surface area contributed by atoms with Crippen LogP contribution in [-0.4, -0.2) is 41.8 Å². The number of rotatable bonds is 6. The Hall–Kier alpha value is -1.49. The lowest BCUT2D eigenvalue weighted by atomic mass is 10.2. The summed E-state index contributed by atoms with van der Waals surface area (Å²) in [5, 5.41) is 3.30. The first-order chi connectivity index (χ1) is 9.81. The smallest absolute Gasteiger partial charge is 0.253 e. The Morgan fingerprint density at radius 2 is 1.71 bits per heavy atom. The zero-order chi connectivity index (χ0) is 16.0. The molecule has 21 heavy (non-hydrogen) atoms. The molecule has 1 N–H and O–H groups in total. The van der Waals surface area contributed by atoms with Gasteiger partial charge in [-0.1, -0.05) is 20.8 Å². The summed E-state index contributed by atoms with van der Waals surface area (Å²) < 4.78 is 0. The lowest BCUT2D eigenvalue weighted by Crippen LogP contribution is -2.21. The van der Waals surface area contributed by atoms with Gasteiger partial charge in [-0.05, 0) is 30.2 Å².